The Kier molecular flexibility index (Phi) is 6.72. The van der Waals surface area contributed by atoms with Gasteiger partial charge >= 0.3 is 0 Å². The fourth-order valence-electron chi connectivity index (χ4n) is 3.10. The summed E-state index contributed by atoms with van der Waals surface area (Å²) in [7, 11) is 0. The van der Waals surface area contributed by atoms with Gasteiger partial charge in [-0.1, -0.05) is 41.4 Å². The molecule has 0 atom stereocenters. The maximum atomic E-state index is 12.4. The smallest absolute Gasteiger partial charge is 0.238 e. The van der Waals surface area contributed by atoms with Crippen LogP contribution in [0.1, 0.15) is 12.8 Å². The van der Waals surface area contributed by atoms with Crippen molar-refractivity contribution in [1.82, 2.24) is 4.90 Å². The number of carbonyl (C=O) groups excluding carboxylic acids is 2. The Morgan fingerprint density at radius 3 is 2.30 bits per heavy atom. The largest absolute Gasteiger partial charge is 0.326 e. The third kappa shape index (κ3) is 5.70. The van der Waals surface area contributed by atoms with E-state index in [0.717, 1.165) is 18.5 Å². The molecule has 0 bridgehead atoms. The first kappa shape index (κ1) is 19.7. The number of hydrogen-bond donors (Lipinski definition) is 2. The second-order valence-corrected chi connectivity index (χ2v) is 7.40. The van der Waals surface area contributed by atoms with Gasteiger partial charge in [-0.25, -0.2) is 0 Å². The van der Waals surface area contributed by atoms with E-state index in [0.29, 0.717) is 28.8 Å². The summed E-state index contributed by atoms with van der Waals surface area (Å²) in [5.41, 5.74) is 1.43. The molecule has 1 saturated heterocycles. The number of amides is 2. The fourth-order valence-corrected chi connectivity index (χ4v) is 3.39. The summed E-state index contributed by atoms with van der Waals surface area (Å²) in [4.78, 5) is 26.6. The van der Waals surface area contributed by atoms with Crippen LogP contribution < -0.4 is 10.6 Å². The molecule has 5 nitrogen and oxygen atoms in total. The molecule has 0 unspecified atom stereocenters. The van der Waals surface area contributed by atoms with Gasteiger partial charge in [-0.3, -0.25) is 14.5 Å². The molecule has 142 valence electrons. The number of likely N-dealkylation sites (tertiary alicyclic amines) is 1. The van der Waals surface area contributed by atoms with Gasteiger partial charge in [0.15, 0.2) is 0 Å². The van der Waals surface area contributed by atoms with Gasteiger partial charge in [-0.15, -0.1) is 0 Å². The van der Waals surface area contributed by atoms with Gasteiger partial charge in [0.05, 0.1) is 16.6 Å². The first-order valence-corrected chi connectivity index (χ1v) is 9.60. The minimum absolute atomic E-state index is 0.0282. The van der Waals surface area contributed by atoms with Gasteiger partial charge in [0.2, 0.25) is 11.8 Å². The number of benzene rings is 2. The van der Waals surface area contributed by atoms with Crippen molar-refractivity contribution < 1.29 is 9.59 Å². The monoisotopic (exact) mass is 405 g/mol. The number of anilines is 2. The average Bonchev–Trinajstić information content (AvgIpc) is 2.66. The Morgan fingerprint density at radius 2 is 1.63 bits per heavy atom. The SMILES string of the molecule is O=C(CN1CCC(C(=O)Nc2ccccc2)CC1)Nc1ccc(Cl)c(Cl)c1. The quantitative estimate of drug-likeness (QED) is 0.779. The molecule has 0 saturated carbocycles. The first-order valence-electron chi connectivity index (χ1n) is 8.84. The number of para-hydroxylation sites is 1. The minimum atomic E-state index is -0.111. The topological polar surface area (TPSA) is 61.4 Å². The highest BCUT2D eigenvalue weighted by atomic mass is 35.5. The van der Waals surface area contributed by atoms with E-state index in [9.17, 15) is 9.59 Å². The van der Waals surface area contributed by atoms with Crippen LogP contribution >= 0.6 is 23.2 Å². The molecule has 2 N–H and O–H groups in total. The van der Waals surface area contributed by atoms with Crippen molar-refractivity contribution in [3.8, 4) is 0 Å². The molecule has 2 aromatic rings. The van der Waals surface area contributed by atoms with Crippen molar-refractivity contribution in [3.05, 3.63) is 58.6 Å². The van der Waals surface area contributed by atoms with Crippen molar-refractivity contribution >= 4 is 46.4 Å². The van der Waals surface area contributed by atoms with Crippen LogP contribution in [-0.4, -0.2) is 36.3 Å². The minimum Gasteiger partial charge on any atom is -0.326 e. The van der Waals surface area contributed by atoms with Gasteiger partial charge in [-0.2, -0.15) is 0 Å². The summed E-state index contributed by atoms with van der Waals surface area (Å²) in [5.74, 6) is -0.0960. The van der Waals surface area contributed by atoms with Crippen LogP contribution in [0, 0.1) is 5.92 Å². The summed E-state index contributed by atoms with van der Waals surface area (Å²) in [5, 5.41) is 6.62. The Bertz CT molecular complexity index is 806. The van der Waals surface area contributed by atoms with Crippen LogP contribution in [0.2, 0.25) is 10.0 Å². The highest BCUT2D eigenvalue weighted by molar-refractivity contribution is 6.42. The Labute approximate surface area is 168 Å². The van der Waals surface area contributed by atoms with E-state index in [-0.39, 0.29) is 24.3 Å². The summed E-state index contributed by atoms with van der Waals surface area (Å²) >= 11 is 11.8. The van der Waals surface area contributed by atoms with Crippen molar-refractivity contribution in [2.24, 2.45) is 5.92 Å². The molecule has 27 heavy (non-hydrogen) atoms. The maximum absolute atomic E-state index is 12.4. The molecule has 0 aromatic heterocycles. The van der Waals surface area contributed by atoms with Crippen LogP contribution in [0.4, 0.5) is 11.4 Å². The Balaban J connectivity index is 1.44. The molecule has 2 aromatic carbocycles. The van der Waals surface area contributed by atoms with Crippen LogP contribution in [0.25, 0.3) is 0 Å². The Hall–Kier alpha value is -2.08. The zero-order valence-electron chi connectivity index (χ0n) is 14.8. The normalized spacial score (nSPS) is 15.3. The molecular formula is C20H21Cl2N3O2. The lowest BCUT2D eigenvalue weighted by molar-refractivity contribution is -0.121. The molecule has 7 heteroatoms. The highest BCUT2D eigenvalue weighted by Crippen LogP contribution is 2.25. The molecule has 1 heterocycles. The van der Waals surface area contributed by atoms with Crippen molar-refractivity contribution in [2.45, 2.75) is 12.8 Å². The average molecular weight is 406 g/mol. The van der Waals surface area contributed by atoms with E-state index in [1.54, 1.807) is 18.2 Å². The van der Waals surface area contributed by atoms with Crippen molar-refractivity contribution in [2.75, 3.05) is 30.3 Å². The highest BCUT2D eigenvalue weighted by Gasteiger charge is 2.26. The van der Waals surface area contributed by atoms with Gasteiger partial charge in [0, 0.05) is 17.3 Å². The third-order valence-corrected chi connectivity index (χ3v) is 5.31. The molecular weight excluding hydrogens is 385 g/mol. The molecule has 0 spiro atoms. The second-order valence-electron chi connectivity index (χ2n) is 6.58. The maximum Gasteiger partial charge on any atom is 0.238 e. The van der Waals surface area contributed by atoms with Gasteiger partial charge < -0.3 is 10.6 Å². The second kappa shape index (κ2) is 9.22. The van der Waals surface area contributed by atoms with E-state index in [2.05, 4.69) is 15.5 Å². The number of piperidine rings is 1. The van der Waals surface area contributed by atoms with Gasteiger partial charge in [0.1, 0.15) is 0 Å². The number of rotatable bonds is 5. The van der Waals surface area contributed by atoms with Crippen molar-refractivity contribution in [1.29, 1.82) is 0 Å². The number of hydrogen-bond acceptors (Lipinski definition) is 3. The molecule has 1 aliphatic rings. The summed E-state index contributed by atoms with van der Waals surface area (Å²) < 4.78 is 0. The van der Waals surface area contributed by atoms with E-state index >= 15 is 0 Å². The zero-order chi connectivity index (χ0) is 19.2. The third-order valence-electron chi connectivity index (χ3n) is 4.57. The predicted molar refractivity (Wildman–Crippen MR) is 109 cm³/mol. The number of nitrogens with zero attached hydrogens (tertiary/aromatic N) is 1. The molecule has 1 aliphatic heterocycles. The first-order chi connectivity index (χ1) is 13.0. The van der Waals surface area contributed by atoms with Gasteiger partial charge in [0.25, 0.3) is 0 Å². The zero-order valence-corrected chi connectivity index (χ0v) is 16.3. The summed E-state index contributed by atoms with van der Waals surface area (Å²) in [6.07, 6.45) is 1.47. The fraction of sp³-hybridized carbons (Fsp3) is 0.300. The predicted octanol–water partition coefficient (Wildman–Crippen LogP) is 4.28. The number of halogens is 2. The summed E-state index contributed by atoms with van der Waals surface area (Å²) in [6.45, 7) is 1.70. The molecule has 1 fully saturated rings. The molecule has 0 aliphatic carbocycles. The molecule has 3 rings (SSSR count). The lowest BCUT2D eigenvalue weighted by Gasteiger charge is -2.30. The molecule has 0 radical (unpaired) electrons. The lowest BCUT2D eigenvalue weighted by atomic mass is 9.96. The van der Waals surface area contributed by atoms with Crippen LogP contribution in [0.5, 0.6) is 0 Å². The number of carbonyl (C=O) groups is 2. The number of nitrogens with one attached hydrogen (secondary N) is 2. The summed E-state index contributed by atoms with van der Waals surface area (Å²) in [6, 6.07) is 14.4. The van der Waals surface area contributed by atoms with E-state index in [4.69, 9.17) is 23.2 Å². The lowest BCUT2D eigenvalue weighted by Crippen LogP contribution is -2.41. The van der Waals surface area contributed by atoms with E-state index in [1.165, 1.54) is 0 Å². The van der Waals surface area contributed by atoms with Crippen molar-refractivity contribution in [3.63, 3.8) is 0 Å². The Morgan fingerprint density at radius 1 is 0.926 bits per heavy atom. The van der Waals surface area contributed by atoms with Crippen LogP contribution in [0.15, 0.2) is 48.5 Å². The van der Waals surface area contributed by atoms with E-state index < -0.39 is 0 Å². The standard InChI is InChI=1S/C20H21Cl2N3O2/c21-17-7-6-16(12-18(17)22)23-19(26)13-25-10-8-14(9-11-25)20(27)24-15-4-2-1-3-5-15/h1-7,12,14H,8-11,13H2,(H,23,26)(H,24,27). The van der Waals surface area contributed by atoms with Crippen LogP contribution in [0.3, 0.4) is 0 Å². The van der Waals surface area contributed by atoms with E-state index in [1.807, 2.05) is 30.3 Å². The molecule has 2 amide bonds. The van der Waals surface area contributed by atoms with Gasteiger partial charge in [-0.05, 0) is 56.3 Å². The van der Waals surface area contributed by atoms with Crippen LogP contribution in [-0.2, 0) is 9.59 Å².